The molecule has 0 unspecified atom stereocenters. The van der Waals surface area contributed by atoms with Gasteiger partial charge in [-0.15, -0.1) is 0 Å². The maximum Gasteiger partial charge on any atom is 0.127 e. The molecule has 1 aromatic heterocycles. The molecule has 4 nitrogen and oxygen atoms in total. The van der Waals surface area contributed by atoms with Crippen molar-refractivity contribution in [1.82, 2.24) is 9.78 Å². The Labute approximate surface area is 84.3 Å². The average molecular weight is 195 g/mol. The van der Waals surface area contributed by atoms with Gasteiger partial charge in [-0.3, -0.25) is 4.68 Å². The summed E-state index contributed by atoms with van der Waals surface area (Å²) in [6, 6.07) is 0. The Balaban J connectivity index is 2.07. The zero-order valence-corrected chi connectivity index (χ0v) is 8.84. The van der Waals surface area contributed by atoms with Gasteiger partial charge < -0.3 is 10.1 Å². The second kappa shape index (κ2) is 4.00. The lowest BCUT2D eigenvalue weighted by Gasteiger charge is -1.99. The number of aryl methyl sites for hydroxylation is 1. The normalized spacial score (nSPS) is 14.1. The van der Waals surface area contributed by atoms with Crippen LogP contribution in [0.1, 0.15) is 18.2 Å². The van der Waals surface area contributed by atoms with Gasteiger partial charge in [0.05, 0.1) is 12.3 Å². The number of fused-ring (bicyclic) bond motifs is 1. The van der Waals surface area contributed by atoms with Crippen molar-refractivity contribution in [3.63, 3.8) is 0 Å². The van der Waals surface area contributed by atoms with Crippen LogP contribution in [0.2, 0.25) is 0 Å². The van der Waals surface area contributed by atoms with Crippen molar-refractivity contribution in [2.24, 2.45) is 7.05 Å². The van der Waals surface area contributed by atoms with Crippen molar-refractivity contribution in [3.05, 3.63) is 11.3 Å². The highest BCUT2D eigenvalue weighted by Crippen LogP contribution is 2.24. The lowest BCUT2D eigenvalue weighted by molar-refractivity contribution is 0.150. The first kappa shape index (κ1) is 9.52. The van der Waals surface area contributed by atoms with Crippen LogP contribution in [0.15, 0.2) is 0 Å². The van der Waals surface area contributed by atoms with Crippen LogP contribution in [-0.2, 0) is 24.6 Å². The van der Waals surface area contributed by atoms with Gasteiger partial charge >= 0.3 is 0 Å². The number of nitrogens with zero attached hydrogens (tertiary/aromatic N) is 2. The van der Waals surface area contributed by atoms with Gasteiger partial charge in [0.2, 0.25) is 0 Å². The minimum absolute atomic E-state index is 0.778. The van der Waals surface area contributed by atoms with Crippen molar-refractivity contribution in [3.8, 4) is 0 Å². The smallest absolute Gasteiger partial charge is 0.127 e. The van der Waals surface area contributed by atoms with Gasteiger partial charge in [-0.05, 0) is 13.3 Å². The predicted octanol–water partition coefficient (Wildman–Crippen LogP) is 0.967. The third-order valence-electron chi connectivity index (χ3n) is 2.58. The van der Waals surface area contributed by atoms with E-state index in [9.17, 15) is 0 Å². The van der Waals surface area contributed by atoms with Crippen molar-refractivity contribution in [2.45, 2.75) is 19.8 Å². The zero-order valence-electron chi connectivity index (χ0n) is 8.84. The molecule has 0 radical (unpaired) electrons. The Morgan fingerprint density at radius 2 is 2.43 bits per heavy atom. The quantitative estimate of drug-likeness (QED) is 0.727. The topological polar surface area (TPSA) is 39.1 Å². The number of nitrogens with one attached hydrogen (secondary N) is 1. The Kier molecular flexibility index (Phi) is 2.72. The molecule has 1 N–H and O–H groups in total. The van der Waals surface area contributed by atoms with Gasteiger partial charge in [-0.2, -0.15) is 5.10 Å². The molecule has 78 valence electrons. The highest BCUT2D eigenvalue weighted by Gasteiger charge is 2.19. The van der Waals surface area contributed by atoms with Crippen LogP contribution in [0.4, 0.5) is 5.82 Å². The summed E-state index contributed by atoms with van der Waals surface area (Å²) in [5.74, 6) is 1.19. The molecule has 0 saturated heterocycles. The molecule has 0 amide bonds. The molecule has 0 atom stereocenters. The lowest BCUT2D eigenvalue weighted by Crippen LogP contribution is -2.04. The van der Waals surface area contributed by atoms with E-state index in [4.69, 9.17) is 4.74 Å². The van der Waals surface area contributed by atoms with Gasteiger partial charge in [0, 0.05) is 32.2 Å². The number of aromatic nitrogens is 2. The van der Waals surface area contributed by atoms with Crippen LogP contribution < -0.4 is 5.32 Å². The average Bonchev–Trinajstić information content (AvgIpc) is 2.72. The van der Waals surface area contributed by atoms with Crippen molar-refractivity contribution in [2.75, 3.05) is 25.1 Å². The van der Waals surface area contributed by atoms with E-state index in [2.05, 4.69) is 10.4 Å². The Morgan fingerprint density at radius 3 is 3.21 bits per heavy atom. The minimum Gasteiger partial charge on any atom is -0.381 e. The van der Waals surface area contributed by atoms with Gasteiger partial charge in [-0.25, -0.2) is 0 Å². The van der Waals surface area contributed by atoms with Gasteiger partial charge in [0.25, 0.3) is 0 Å². The maximum atomic E-state index is 5.34. The van der Waals surface area contributed by atoms with Crippen LogP contribution in [0.25, 0.3) is 0 Å². The monoisotopic (exact) mass is 195 g/mol. The van der Waals surface area contributed by atoms with Gasteiger partial charge in [0.1, 0.15) is 5.82 Å². The minimum atomic E-state index is 0.778. The molecule has 14 heavy (non-hydrogen) atoms. The van der Waals surface area contributed by atoms with E-state index in [1.165, 1.54) is 17.1 Å². The summed E-state index contributed by atoms with van der Waals surface area (Å²) in [4.78, 5) is 0. The van der Waals surface area contributed by atoms with Crippen molar-refractivity contribution >= 4 is 5.82 Å². The number of ether oxygens (including phenoxy) is 1. The molecule has 1 aliphatic heterocycles. The van der Waals surface area contributed by atoms with Crippen molar-refractivity contribution < 1.29 is 4.74 Å². The van der Waals surface area contributed by atoms with E-state index in [-0.39, 0.29) is 0 Å². The van der Waals surface area contributed by atoms with Gasteiger partial charge in [0.15, 0.2) is 0 Å². The van der Waals surface area contributed by atoms with Crippen LogP contribution in [0.3, 0.4) is 0 Å². The van der Waals surface area contributed by atoms with E-state index in [1.54, 1.807) is 0 Å². The molecular weight excluding hydrogens is 178 g/mol. The largest absolute Gasteiger partial charge is 0.381 e. The first-order valence-corrected chi connectivity index (χ1v) is 5.19. The summed E-state index contributed by atoms with van der Waals surface area (Å²) >= 11 is 0. The van der Waals surface area contributed by atoms with Crippen LogP contribution >= 0.6 is 0 Å². The molecule has 2 heterocycles. The molecule has 0 bridgehead atoms. The molecule has 4 heteroatoms. The fraction of sp³-hybridized carbons (Fsp3) is 0.700. The number of rotatable bonds is 4. The maximum absolute atomic E-state index is 5.34. The second-order valence-electron chi connectivity index (χ2n) is 3.52. The zero-order chi connectivity index (χ0) is 9.97. The summed E-state index contributed by atoms with van der Waals surface area (Å²) in [6.45, 7) is 4.63. The molecule has 2 rings (SSSR count). The summed E-state index contributed by atoms with van der Waals surface area (Å²) in [7, 11) is 1.99. The van der Waals surface area contributed by atoms with Crippen LogP contribution in [0.5, 0.6) is 0 Å². The van der Waals surface area contributed by atoms with E-state index >= 15 is 0 Å². The van der Waals surface area contributed by atoms with E-state index in [1.807, 2.05) is 18.7 Å². The van der Waals surface area contributed by atoms with Crippen LogP contribution in [0, 0.1) is 0 Å². The summed E-state index contributed by atoms with van der Waals surface area (Å²) in [5.41, 5.74) is 2.58. The first-order valence-electron chi connectivity index (χ1n) is 5.19. The molecule has 0 fully saturated rings. The van der Waals surface area contributed by atoms with E-state index < -0.39 is 0 Å². The molecular formula is C10H17N3O. The Bertz CT molecular complexity index is 319. The highest BCUT2D eigenvalue weighted by molar-refractivity contribution is 5.52. The third-order valence-corrected chi connectivity index (χ3v) is 2.58. The molecule has 0 spiro atoms. The Hall–Kier alpha value is -1.03. The number of hydrogen-bond acceptors (Lipinski definition) is 3. The Morgan fingerprint density at radius 1 is 1.57 bits per heavy atom. The standard InChI is InChI=1S/C10H17N3O/c1-3-14-7-5-9-8-4-6-11-10(8)13(2)12-9/h11H,3-7H2,1-2H3. The molecule has 1 aromatic rings. The highest BCUT2D eigenvalue weighted by atomic mass is 16.5. The SMILES string of the molecule is CCOCCc1nn(C)c2c1CCN2. The van der Waals surface area contributed by atoms with Crippen LogP contribution in [-0.4, -0.2) is 29.5 Å². The summed E-state index contributed by atoms with van der Waals surface area (Å²) in [6.07, 6.45) is 2.03. The van der Waals surface area contributed by atoms with E-state index in [0.717, 1.165) is 32.6 Å². The molecule has 0 saturated carbocycles. The van der Waals surface area contributed by atoms with E-state index in [0.29, 0.717) is 0 Å². The summed E-state index contributed by atoms with van der Waals surface area (Å²) < 4.78 is 7.27. The number of hydrogen-bond donors (Lipinski definition) is 1. The predicted molar refractivity (Wildman–Crippen MR) is 55.6 cm³/mol. The first-order chi connectivity index (χ1) is 6.83. The van der Waals surface area contributed by atoms with Crippen molar-refractivity contribution in [1.29, 1.82) is 0 Å². The fourth-order valence-electron chi connectivity index (χ4n) is 1.93. The second-order valence-corrected chi connectivity index (χ2v) is 3.52. The van der Waals surface area contributed by atoms with Gasteiger partial charge in [-0.1, -0.05) is 0 Å². The summed E-state index contributed by atoms with van der Waals surface area (Å²) in [5, 5.41) is 7.82. The molecule has 0 aliphatic carbocycles. The third kappa shape index (κ3) is 1.62. The lowest BCUT2D eigenvalue weighted by atomic mass is 10.1. The molecule has 0 aromatic carbocycles. The number of anilines is 1. The molecule has 1 aliphatic rings. The fourth-order valence-corrected chi connectivity index (χ4v) is 1.93.